The monoisotopic (exact) mass is 329 g/mol. The highest BCUT2D eigenvalue weighted by Crippen LogP contribution is 2.40. The van der Waals surface area contributed by atoms with Crippen LogP contribution in [0, 0.1) is 0 Å². The summed E-state index contributed by atoms with van der Waals surface area (Å²) < 4.78 is 2.01. The largest absolute Gasteiger partial charge is 0.465 e. The van der Waals surface area contributed by atoms with Gasteiger partial charge in [-0.15, -0.1) is 0 Å². The number of hydrazine groups is 1. The molecule has 2 saturated heterocycles. The summed E-state index contributed by atoms with van der Waals surface area (Å²) in [5.74, 6) is 0.991. The maximum Gasteiger partial charge on any atom is 0.409 e. The highest BCUT2D eigenvalue weighted by molar-refractivity contribution is 7.97. The van der Waals surface area contributed by atoms with Crippen LogP contribution >= 0.6 is 11.9 Å². The Morgan fingerprint density at radius 2 is 2.00 bits per heavy atom. The Morgan fingerprint density at radius 3 is 2.74 bits per heavy atom. The molecule has 2 aromatic rings. The fourth-order valence-corrected chi connectivity index (χ4v) is 4.50. The number of rotatable bonds is 2. The minimum absolute atomic E-state index is 0.0786. The van der Waals surface area contributed by atoms with Crippen LogP contribution in [0.15, 0.2) is 42.5 Å². The van der Waals surface area contributed by atoms with Crippen molar-refractivity contribution >= 4 is 28.8 Å². The van der Waals surface area contributed by atoms with Crippen molar-refractivity contribution in [2.24, 2.45) is 0 Å². The second-order valence-electron chi connectivity index (χ2n) is 5.94. The Labute approximate surface area is 139 Å². The second kappa shape index (κ2) is 6.03. The minimum Gasteiger partial charge on any atom is -0.465 e. The van der Waals surface area contributed by atoms with Crippen molar-refractivity contribution in [1.29, 1.82) is 0 Å². The van der Waals surface area contributed by atoms with Gasteiger partial charge in [-0.3, -0.25) is 4.90 Å². The van der Waals surface area contributed by atoms with Gasteiger partial charge in [0.05, 0.1) is 6.04 Å². The Bertz CT molecular complexity index is 733. The van der Waals surface area contributed by atoms with E-state index in [1.54, 1.807) is 16.8 Å². The minimum atomic E-state index is -0.847. The third kappa shape index (κ3) is 2.67. The normalized spacial score (nSPS) is 25.3. The van der Waals surface area contributed by atoms with E-state index in [9.17, 15) is 9.90 Å². The summed E-state index contributed by atoms with van der Waals surface area (Å²) in [7, 11) is 0. The van der Waals surface area contributed by atoms with Crippen LogP contribution in [0.25, 0.3) is 10.8 Å². The van der Waals surface area contributed by atoms with Crippen molar-refractivity contribution in [3.05, 3.63) is 48.0 Å². The molecule has 2 aliphatic heterocycles. The molecule has 0 aliphatic carbocycles. The van der Waals surface area contributed by atoms with Gasteiger partial charge in [-0.1, -0.05) is 48.3 Å². The molecule has 0 saturated carbocycles. The zero-order valence-electron chi connectivity index (χ0n) is 12.7. The average Bonchev–Trinajstić information content (AvgIpc) is 3.23. The van der Waals surface area contributed by atoms with E-state index >= 15 is 0 Å². The number of amides is 1. The van der Waals surface area contributed by atoms with E-state index < -0.39 is 6.09 Å². The Kier molecular flexibility index (Phi) is 3.88. The molecule has 2 heterocycles. The lowest BCUT2D eigenvalue weighted by molar-refractivity contribution is 0.0798. The second-order valence-corrected chi connectivity index (χ2v) is 7.00. The van der Waals surface area contributed by atoms with Gasteiger partial charge in [-0.25, -0.2) is 10.2 Å². The summed E-state index contributed by atoms with van der Waals surface area (Å²) in [6.45, 7) is 0.898. The van der Waals surface area contributed by atoms with Gasteiger partial charge >= 0.3 is 6.09 Å². The van der Waals surface area contributed by atoms with E-state index in [-0.39, 0.29) is 12.2 Å². The molecular formula is C17H19N3O2S. The summed E-state index contributed by atoms with van der Waals surface area (Å²) in [6, 6.07) is 14.4. The Morgan fingerprint density at radius 1 is 1.17 bits per heavy atom. The molecule has 0 spiro atoms. The van der Waals surface area contributed by atoms with E-state index in [1.807, 2.05) is 16.5 Å². The van der Waals surface area contributed by atoms with E-state index in [0.29, 0.717) is 0 Å². The van der Waals surface area contributed by atoms with Crippen molar-refractivity contribution < 1.29 is 9.90 Å². The lowest BCUT2D eigenvalue weighted by atomic mass is 10.0. The predicted molar refractivity (Wildman–Crippen MR) is 91.9 cm³/mol. The first-order valence-electron chi connectivity index (χ1n) is 7.89. The zero-order chi connectivity index (χ0) is 15.8. The van der Waals surface area contributed by atoms with Gasteiger partial charge in [0.25, 0.3) is 0 Å². The molecule has 5 nitrogen and oxygen atoms in total. The quantitative estimate of drug-likeness (QED) is 0.827. The first-order chi connectivity index (χ1) is 11.2. The summed E-state index contributed by atoms with van der Waals surface area (Å²) in [5, 5.41) is 12.1. The van der Waals surface area contributed by atoms with Crippen LogP contribution in [0.2, 0.25) is 0 Å². The molecule has 2 N–H and O–H groups in total. The molecular weight excluding hydrogens is 310 g/mol. The first-order valence-corrected chi connectivity index (χ1v) is 8.84. The van der Waals surface area contributed by atoms with E-state index in [4.69, 9.17) is 0 Å². The Hall–Kier alpha value is -1.76. The van der Waals surface area contributed by atoms with Crippen molar-refractivity contribution in [2.45, 2.75) is 25.0 Å². The molecule has 2 aliphatic rings. The van der Waals surface area contributed by atoms with E-state index in [1.165, 1.54) is 5.39 Å². The van der Waals surface area contributed by atoms with E-state index in [2.05, 4.69) is 35.8 Å². The van der Waals surface area contributed by atoms with Crippen LogP contribution in [0.1, 0.15) is 24.4 Å². The third-order valence-electron chi connectivity index (χ3n) is 4.61. The number of hydrogen-bond donors (Lipinski definition) is 2. The van der Waals surface area contributed by atoms with Crippen molar-refractivity contribution in [3.8, 4) is 0 Å². The molecule has 1 amide bonds. The molecule has 6 heteroatoms. The smallest absolute Gasteiger partial charge is 0.409 e. The predicted octanol–water partition coefficient (Wildman–Crippen LogP) is 3.45. The molecule has 4 rings (SSSR count). The van der Waals surface area contributed by atoms with Gasteiger partial charge in [0, 0.05) is 12.3 Å². The molecule has 0 bridgehead atoms. The number of hydrogen-bond acceptors (Lipinski definition) is 4. The van der Waals surface area contributed by atoms with Gasteiger partial charge < -0.3 is 5.11 Å². The van der Waals surface area contributed by atoms with Gasteiger partial charge in [-0.2, -0.15) is 4.41 Å². The molecule has 2 unspecified atom stereocenters. The zero-order valence-corrected chi connectivity index (χ0v) is 13.5. The third-order valence-corrected chi connectivity index (χ3v) is 5.64. The molecule has 2 aromatic carbocycles. The van der Waals surface area contributed by atoms with Crippen LogP contribution in [0.4, 0.5) is 4.79 Å². The molecule has 23 heavy (non-hydrogen) atoms. The van der Waals surface area contributed by atoms with Crippen molar-refractivity contribution in [3.63, 3.8) is 0 Å². The number of likely N-dealkylation sites (tertiary alicyclic amines) is 1. The van der Waals surface area contributed by atoms with Gasteiger partial charge in [0.1, 0.15) is 6.17 Å². The lowest BCUT2D eigenvalue weighted by Crippen LogP contribution is -2.47. The number of fused-ring (bicyclic) bond motifs is 1. The van der Waals surface area contributed by atoms with Crippen LogP contribution in [0.3, 0.4) is 0 Å². The number of carboxylic acid groups (broad SMARTS) is 1. The van der Waals surface area contributed by atoms with Crippen LogP contribution < -0.4 is 5.43 Å². The van der Waals surface area contributed by atoms with Crippen molar-refractivity contribution in [2.75, 3.05) is 12.3 Å². The van der Waals surface area contributed by atoms with Crippen molar-refractivity contribution in [1.82, 2.24) is 14.7 Å². The Balaban J connectivity index is 1.67. The molecule has 2 atom stereocenters. The molecule has 0 radical (unpaired) electrons. The SMILES string of the molecule is O=C(O)N1C(c2ccc3ccccc3c2)CCC1N1NCCS1. The molecule has 2 fully saturated rings. The number of benzene rings is 2. The van der Waals surface area contributed by atoms with Gasteiger partial charge in [-0.05, 0) is 35.2 Å². The lowest BCUT2D eigenvalue weighted by Gasteiger charge is -2.32. The summed E-state index contributed by atoms with van der Waals surface area (Å²) in [4.78, 5) is 13.5. The molecule has 120 valence electrons. The highest BCUT2D eigenvalue weighted by atomic mass is 32.2. The average molecular weight is 329 g/mol. The fraction of sp³-hybridized carbons (Fsp3) is 0.353. The standard InChI is InChI=1S/C17H19N3O2S/c21-17(22)19-15(7-8-16(19)20-18-9-10-23-20)14-6-5-12-3-1-2-4-13(12)11-14/h1-6,11,15-16,18H,7-10H2,(H,21,22). The molecule has 0 aromatic heterocycles. The van der Waals surface area contributed by atoms with Crippen LogP contribution in [-0.2, 0) is 0 Å². The summed E-state index contributed by atoms with van der Waals surface area (Å²) in [5.41, 5.74) is 4.36. The summed E-state index contributed by atoms with van der Waals surface area (Å²) in [6.07, 6.45) is 0.758. The highest BCUT2D eigenvalue weighted by Gasteiger charge is 2.42. The summed E-state index contributed by atoms with van der Waals surface area (Å²) >= 11 is 1.68. The topological polar surface area (TPSA) is 55.8 Å². The first kappa shape index (κ1) is 14.8. The number of carbonyl (C=O) groups is 1. The van der Waals surface area contributed by atoms with Crippen LogP contribution in [-0.4, -0.2) is 39.0 Å². The van der Waals surface area contributed by atoms with Crippen LogP contribution in [0.5, 0.6) is 0 Å². The number of nitrogens with zero attached hydrogens (tertiary/aromatic N) is 2. The van der Waals surface area contributed by atoms with E-state index in [0.717, 1.165) is 36.1 Å². The maximum absolute atomic E-state index is 11.9. The van der Waals surface area contributed by atoms with Gasteiger partial charge in [0.15, 0.2) is 0 Å². The maximum atomic E-state index is 11.9. The number of nitrogens with one attached hydrogen (secondary N) is 1. The van der Waals surface area contributed by atoms with Gasteiger partial charge in [0.2, 0.25) is 0 Å². The fourth-order valence-electron chi connectivity index (χ4n) is 3.56.